The van der Waals surface area contributed by atoms with Gasteiger partial charge in [-0.05, 0) is 36.8 Å². The Balaban J connectivity index is 1.91. The molecule has 4 heteroatoms. The smallest absolute Gasteiger partial charge is 0.180 e. The van der Waals surface area contributed by atoms with E-state index in [1.165, 1.54) is 16.1 Å². The van der Waals surface area contributed by atoms with Gasteiger partial charge in [0.1, 0.15) is 0 Å². The molecule has 1 unspecified atom stereocenters. The van der Waals surface area contributed by atoms with Crippen LogP contribution in [-0.2, 0) is 12.8 Å². The summed E-state index contributed by atoms with van der Waals surface area (Å²) in [6, 6.07) is 8.12. The van der Waals surface area contributed by atoms with E-state index in [1.807, 2.05) is 12.1 Å². The van der Waals surface area contributed by atoms with Gasteiger partial charge in [0, 0.05) is 9.90 Å². The van der Waals surface area contributed by atoms with Crippen molar-refractivity contribution in [3.63, 3.8) is 0 Å². The zero-order chi connectivity index (χ0) is 11.8. The minimum absolute atomic E-state index is 0.510. The molecule has 1 aromatic carbocycles. The fourth-order valence-corrected chi connectivity index (χ4v) is 3.71. The second-order valence-electron chi connectivity index (χ2n) is 4.38. The standard InChI is InChI=1S/C13H13ClN2S/c14-10-4-2-1-3-9(10)8-5-6-11-12(7-8)17-13(15)16-11/h1-4,8H,5-7H2,(H2,15,16). The number of aromatic nitrogens is 1. The summed E-state index contributed by atoms with van der Waals surface area (Å²) in [5.74, 6) is 0.510. The predicted octanol–water partition coefficient (Wildman–Crippen LogP) is 3.65. The molecular weight excluding hydrogens is 252 g/mol. The highest BCUT2D eigenvalue weighted by Gasteiger charge is 2.24. The average Bonchev–Trinajstić information content (AvgIpc) is 2.68. The summed E-state index contributed by atoms with van der Waals surface area (Å²) in [5.41, 5.74) is 8.20. The van der Waals surface area contributed by atoms with E-state index in [1.54, 1.807) is 11.3 Å². The molecule has 2 aromatic rings. The van der Waals surface area contributed by atoms with E-state index in [-0.39, 0.29) is 0 Å². The minimum atomic E-state index is 0.510. The third-order valence-electron chi connectivity index (χ3n) is 3.30. The molecule has 0 saturated heterocycles. The van der Waals surface area contributed by atoms with Crippen LogP contribution in [0.1, 0.15) is 28.5 Å². The molecule has 0 spiro atoms. The van der Waals surface area contributed by atoms with Crippen LogP contribution in [0.15, 0.2) is 24.3 Å². The molecule has 3 rings (SSSR count). The first-order chi connectivity index (χ1) is 8.24. The van der Waals surface area contributed by atoms with Crippen molar-refractivity contribution in [1.82, 2.24) is 4.98 Å². The monoisotopic (exact) mass is 264 g/mol. The summed E-state index contributed by atoms with van der Waals surface area (Å²) in [6.45, 7) is 0. The number of aryl methyl sites for hydroxylation is 1. The Morgan fingerprint density at radius 3 is 3.00 bits per heavy atom. The third kappa shape index (κ3) is 2.05. The lowest BCUT2D eigenvalue weighted by Gasteiger charge is -2.22. The van der Waals surface area contributed by atoms with Crippen molar-refractivity contribution in [1.29, 1.82) is 0 Å². The number of anilines is 1. The maximum Gasteiger partial charge on any atom is 0.180 e. The van der Waals surface area contributed by atoms with E-state index in [4.69, 9.17) is 17.3 Å². The molecule has 0 radical (unpaired) electrons. The molecule has 2 nitrogen and oxygen atoms in total. The van der Waals surface area contributed by atoms with E-state index in [0.717, 1.165) is 24.3 Å². The van der Waals surface area contributed by atoms with Gasteiger partial charge in [-0.15, -0.1) is 11.3 Å². The number of thiazole rings is 1. The number of rotatable bonds is 1. The SMILES string of the molecule is Nc1nc2c(s1)CC(c1ccccc1Cl)CC2. The summed E-state index contributed by atoms with van der Waals surface area (Å²) < 4.78 is 0. The van der Waals surface area contributed by atoms with E-state index in [0.29, 0.717) is 11.0 Å². The third-order valence-corrected chi connectivity index (χ3v) is 4.59. The van der Waals surface area contributed by atoms with Gasteiger partial charge in [-0.2, -0.15) is 0 Å². The Morgan fingerprint density at radius 1 is 1.35 bits per heavy atom. The Labute approximate surface area is 109 Å². The number of hydrogen-bond acceptors (Lipinski definition) is 3. The van der Waals surface area contributed by atoms with Crippen LogP contribution in [0, 0.1) is 0 Å². The van der Waals surface area contributed by atoms with E-state index >= 15 is 0 Å². The number of fused-ring (bicyclic) bond motifs is 1. The number of nitrogen functional groups attached to an aromatic ring is 1. The molecule has 88 valence electrons. The average molecular weight is 265 g/mol. The summed E-state index contributed by atoms with van der Waals surface area (Å²) in [7, 11) is 0. The zero-order valence-electron chi connectivity index (χ0n) is 9.32. The van der Waals surface area contributed by atoms with Crippen LogP contribution >= 0.6 is 22.9 Å². The first-order valence-electron chi connectivity index (χ1n) is 5.72. The minimum Gasteiger partial charge on any atom is -0.375 e. The Morgan fingerprint density at radius 2 is 2.18 bits per heavy atom. The van der Waals surface area contributed by atoms with Crippen molar-refractivity contribution in [3.8, 4) is 0 Å². The normalized spacial score (nSPS) is 19.0. The van der Waals surface area contributed by atoms with Crippen molar-refractivity contribution in [2.45, 2.75) is 25.2 Å². The van der Waals surface area contributed by atoms with Gasteiger partial charge in [-0.25, -0.2) is 4.98 Å². The van der Waals surface area contributed by atoms with Crippen LogP contribution in [0.4, 0.5) is 5.13 Å². The molecule has 0 aliphatic heterocycles. The lowest BCUT2D eigenvalue weighted by Crippen LogP contribution is -2.11. The summed E-state index contributed by atoms with van der Waals surface area (Å²) in [5, 5.41) is 1.56. The second-order valence-corrected chi connectivity index (χ2v) is 5.91. The molecule has 0 amide bonds. The van der Waals surface area contributed by atoms with Crippen molar-refractivity contribution in [3.05, 3.63) is 45.4 Å². The van der Waals surface area contributed by atoms with Gasteiger partial charge in [0.25, 0.3) is 0 Å². The molecule has 1 heterocycles. The summed E-state index contributed by atoms with van der Waals surface area (Å²) in [6.07, 6.45) is 3.15. The summed E-state index contributed by atoms with van der Waals surface area (Å²) in [4.78, 5) is 5.70. The molecule has 0 bridgehead atoms. The maximum atomic E-state index is 6.25. The molecule has 1 atom stereocenters. The molecule has 17 heavy (non-hydrogen) atoms. The van der Waals surface area contributed by atoms with Gasteiger partial charge in [-0.1, -0.05) is 29.8 Å². The largest absolute Gasteiger partial charge is 0.375 e. The highest BCUT2D eigenvalue weighted by atomic mass is 35.5. The zero-order valence-corrected chi connectivity index (χ0v) is 10.9. The van der Waals surface area contributed by atoms with Crippen LogP contribution < -0.4 is 5.73 Å². The van der Waals surface area contributed by atoms with Crippen molar-refractivity contribution >= 4 is 28.1 Å². The molecule has 0 fully saturated rings. The van der Waals surface area contributed by atoms with Crippen molar-refractivity contribution < 1.29 is 0 Å². The van der Waals surface area contributed by atoms with Crippen molar-refractivity contribution in [2.75, 3.05) is 5.73 Å². The molecule has 0 saturated carbocycles. The fourth-order valence-electron chi connectivity index (χ4n) is 2.47. The van der Waals surface area contributed by atoms with Crippen LogP contribution in [0.3, 0.4) is 0 Å². The number of hydrogen-bond donors (Lipinski definition) is 1. The van der Waals surface area contributed by atoms with Gasteiger partial charge in [-0.3, -0.25) is 0 Å². The van der Waals surface area contributed by atoms with E-state index in [2.05, 4.69) is 17.1 Å². The van der Waals surface area contributed by atoms with Crippen LogP contribution in [0.25, 0.3) is 0 Å². The number of benzene rings is 1. The molecule has 1 aliphatic rings. The van der Waals surface area contributed by atoms with Crippen LogP contribution in [0.2, 0.25) is 5.02 Å². The number of halogens is 1. The van der Waals surface area contributed by atoms with E-state index in [9.17, 15) is 0 Å². The van der Waals surface area contributed by atoms with Crippen molar-refractivity contribution in [2.24, 2.45) is 0 Å². The Hall–Kier alpha value is -1.06. The lowest BCUT2D eigenvalue weighted by molar-refractivity contribution is 0.585. The molecule has 1 aliphatic carbocycles. The Bertz CT molecular complexity index is 550. The fraction of sp³-hybridized carbons (Fsp3) is 0.308. The van der Waals surface area contributed by atoms with Gasteiger partial charge in [0.2, 0.25) is 0 Å². The topological polar surface area (TPSA) is 38.9 Å². The first-order valence-corrected chi connectivity index (χ1v) is 6.92. The van der Waals surface area contributed by atoms with Gasteiger partial charge >= 0.3 is 0 Å². The van der Waals surface area contributed by atoms with Crippen LogP contribution in [-0.4, -0.2) is 4.98 Å². The van der Waals surface area contributed by atoms with E-state index < -0.39 is 0 Å². The summed E-state index contributed by atoms with van der Waals surface area (Å²) >= 11 is 7.87. The second kappa shape index (κ2) is 4.31. The number of nitrogens with zero attached hydrogens (tertiary/aromatic N) is 1. The molecular formula is C13H13ClN2S. The molecule has 1 aromatic heterocycles. The highest BCUT2D eigenvalue weighted by Crippen LogP contribution is 2.38. The Kier molecular flexibility index (Phi) is 2.81. The predicted molar refractivity (Wildman–Crippen MR) is 72.7 cm³/mol. The first kappa shape index (κ1) is 11.1. The number of nitrogens with two attached hydrogens (primary N) is 1. The van der Waals surface area contributed by atoms with Gasteiger partial charge in [0.15, 0.2) is 5.13 Å². The highest BCUT2D eigenvalue weighted by molar-refractivity contribution is 7.15. The van der Waals surface area contributed by atoms with Crippen LogP contribution in [0.5, 0.6) is 0 Å². The van der Waals surface area contributed by atoms with Gasteiger partial charge in [0.05, 0.1) is 5.69 Å². The maximum absolute atomic E-state index is 6.25. The molecule has 2 N–H and O–H groups in total. The quantitative estimate of drug-likeness (QED) is 0.854. The lowest BCUT2D eigenvalue weighted by atomic mass is 9.85. The van der Waals surface area contributed by atoms with Gasteiger partial charge < -0.3 is 5.73 Å².